The summed E-state index contributed by atoms with van der Waals surface area (Å²) in [7, 11) is 1.95. The van der Waals surface area contributed by atoms with Gasteiger partial charge in [-0.2, -0.15) is 0 Å². The molecule has 0 unspecified atom stereocenters. The summed E-state index contributed by atoms with van der Waals surface area (Å²) in [6.07, 6.45) is 6.25. The molecule has 2 heterocycles. The zero-order valence-electron chi connectivity index (χ0n) is 5.57. The maximum Gasteiger partial charge on any atom is 0.119 e. The van der Waals surface area contributed by atoms with E-state index in [0.717, 1.165) is 11.0 Å². The van der Waals surface area contributed by atoms with E-state index in [0.29, 0.717) is 0 Å². The van der Waals surface area contributed by atoms with Crippen LogP contribution in [0.25, 0.3) is 11.0 Å². The van der Waals surface area contributed by atoms with Gasteiger partial charge in [0, 0.05) is 13.2 Å². The van der Waals surface area contributed by atoms with Crippen molar-refractivity contribution in [3.8, 4) is 0 Å². The van der Waals surface area contributed by atoms with Crippen molar-refractivity contribution in [2.45, 2.75) is 0 Å². The van der Waals surface area contributed by atoms with Crippen molar-refractivity contribution in [2.75, 3.05) is 0 Å². The third-order valence-corrected chi connectivity index (χ3v) is 1.46. The third-order valence-electron chi connectivity index (χ3n) is 1.46. The van der Waals surface area contributed by atoms with E-state index in [1.165, 1.54) is 0 Å². The molecule has 0 saturated carbocycles. The molecule has 3 heteroatoms. The zero-order valence-corrected chi connectivity index (χ0v) is 5.57. The summed E-state index contributed by atoms with van der Waals surface area (Å²) in [5.74, 6) is 0. The third kappa shape index (κ3) is 0.603. The van der Waals surface area contributed by atoms with E-state index >= 15 is 0 Å². The van der Waals surface area contributed by atoms with Gasteiger partial charge in [-0.25, -0.2) is 4.98 Å². The van der Waals surface area contributed by atoms with E-state index in [-0.39, 0.29) is 0 Å². The number of pyridine rings is 1. The quantitative estimate of drug-likeness (QED) is 0.530. The normalized spacial score (nSPS) is 10.5. The Bertz CT molecular complexity index is 350. The molecular formula is C7H6N3. The topological polar surface area (TPSA) is 30.7 Å². The van der Waals surface area contributed by atoms with Crippen LogP contribution in [0.1, 0.15) is 0 Å². The second kappa shape index (κ2) is 1.80. The molecule has 0 aliphatic carbocycles. The van der Waals surface area contributed by atoms with Crippen LogP contribution in [0.2, 0.25) is 0 Å². The lowest BCUT2D eigenvalue weighted by molar-refractivity contribution is 0.947. The van der Waals surface area contributed by atoms with Gasteiger partial charge in [0.15, 0.2) is 0 Å². The van der Waals surface area contributed by atoms with Crippen LogP contribution in [0.5, 0.6) is 0 Å². The van der Waals surface area contributed by atoms with Crippen LogP contribution in [-0.4, -0.2) is 14.5 Å². The molecule has 0 aromatic carbocycles. The Morgan fingerprint density at radius 3 is 3.30 bits per heavy atom. The molecule has 0 aliphatic heterocycles. The molecule has 49 valence electrons. The van der Waals surface area contributed by atoms with Gasteiger partial charge in [0.1, 0.15) is 11.7 Å². The summed E-state index contributed by atoms with van der Waals surface area (Å²) < 4.78 is 1.94. The fraction of sp³-hybridized carbons (Fsp3) is 0.143. The molecule has 2 aromatic rings. The molecule has 0 saturated heterocycles. The predicted octanol–water partition coefficient (Wildman–Crippen LogP) is 0.768. The Hall–Kier alpha value is -1.38. The Morgan fingerprint density at radius 1 is 1.60 bits per heavy atom. The lowest BCUT2D eigenvalue weighted by Gasteiger charge is -1.89. The van der Waals surface area contributed by atoms with Crippen LogP contribution in [0, 0.1) is 6.20 Å². The Labute approximate surface area is 58.3 Å². The Kier molecular flexibility index (Phi) is 0.974. The molecule has 1 radical (unpaired) electrons. The minimum Gasteiger partial charge on any atom is -0.334 e. The van der Waals surface area contributed by atoms with Crippen molar-refractivity contribution < 1.29 is 0 Å². The highest BCUT2D eigenvalue weighted by Gasteiger charge is 1.95. The summed E-state index contributed by atoms with van der Waals surface area (Å²) in [6.45, 7) is 0. The molecule has 10 heavy (non-hydrogen) atoms. The van der Waals surface area contributed by atoms with Crippen molar-refractivity contribution in [3.05, 3.63) is 24.8 Å². The maximum absolute atomic E-state index is 4.06. The van der Waals surface area contributed by atoms with Crippen molar-refractivity contribution in [3.63, 3.8) is 0 Å². The molecule has 0 atom stereocenters. The number of hydrogen-bond acceptors (Lipinski definition) is 2. The van der Waals surface area contributed by atoms with E-state index < -0.39 is 0 Å². The Morgan fingerprint density at radius 2 is 2.50 bits per heavy atom. The van der Waals surface area contributed by atoms with Gasteiger partial charge >= 0.3 is 0 Å². The summed E-state index contributed by atoms with van der Waals surface area (Å²) in [6, 6.07) is 1.92. The lowest BCUT2D eigenvalue weighted by Crippen LogP contribution is -1.82. The van der Waals surface area contributed by atoms with Gasteiger partial charge in [0.2, 0.25) is 0 Å². The first kappa shape index (κ1) is 5.41. The molecule has 3 nitrogen and oxygen atoms in total. The average molecular weight is 132 g/mol. The van der Waals surface area contributed by atoms with Crippen LogP contribution in [0.4, 0.5) is 0 Å². The molecule has 0 spiro atoms. The first-order valence-corrected chi connectivity index (χ1v) is 3.01. The van der Waals surface area contributed by atoms with Crippen LogP contribution < -0.4 is 0 Å². The van der Waals surface area contributed by atoms with Crippen LogP contribution in [0.15, 0.2) is 18.6 Å². The van der Waals surface area contributed by atoms with Gasteiger partial charge in [0.25, 0.3) is 0 Å². The smallest absolute Gasteiger partial charge is 0.119 e. The van der Waals surface area contributed by atoms with Crippen molar-refractivity contribution in [1.82, 2.24) is 14.5 Å². The molecule has 2 rings (SSSR count). The highest BCUT2D eigenvalue weighted by Crippen LogP contribution is 2.06. The number of hydrogen-bond donors (Lipinski definition) is 0. The summed E-state index contributed by atoms with van der Waals surface area (Å²) in [5.41, 5.74) is 1.89. The Balaban J connectivity index is 2.93. The molecule has 0 amide bonds. The van der Waals surface area contributed by atoms with Crippen molar-refractivity contribution >= 4 is 11.0 Å². The van der Waals surface area contributed by atoms with E-state index in [4.69, 9.17) is 0 Å². The zero-order chi connectivity index (χ0) is 6.97. The predicted molar refractivity (Wildman–Crippen MR) is 37.3 cm³/mol. The largest absolute Gasteiger partial charge is 0.334 e. The molecular weight excluding hydrogens is 126 g/mol. The summed E-state index contributed by atoms with van der Waals surface area (Å²) >= 11 is 0. The highest BCUT2D eigenvalue weighted by atomic mass is 15.0. The summed E-state index contributed by atoms with van der Waals surface area (Å²) in [4.78, 5) is 7.89. The molecule has 2 aromatic heterocycles. The SMILES string of the molecule is Cn1cnc2[c]nccc21. The van der Waals surface area contributed by atoms with E-state index in [1.54, 1.807) is 12.5 Å². The first-order chi connectivity index (χ1) is 4.88. The number of fused-ring (bicyclic) bond motifs is 1. The monoisotopic (exact) mass is 132 g/mol. The standard InChI is InChI=1S/C7H6N3/c1-10-5-9-6-4-8-3-2-7(6)10/h2-3,5H,1H3. The number of aryl methyl sites for hydroxylation is 1. The van der Waals surface area contributed by atoms with Crippen LogP contribution in [0.3, 0.4) is 0 Å². The fourth-order valence-electron chi connectivity index (χ4n) is 0.929. The maximum atomic E-state index is 4.06. The van der Waals surface area contributed by atoms with Gasteiger partial charge in [-0.1, -0.05) is 0 Å². The molecule has 0 aliphatic rings. The minimum absolute atomic E-state index is 0.824. The van der Waals surface area contributed by atoms with Crippen LogP contribution in [-0.2, 0) is 7.05 Å². The van der Waals surface area contributed by atoms with Crippen molar-refractivity contribution in [2.24, 2.45) is 7.05 Å². The number of rotatable bonds is 0. The number of nitrogens with zero attached hydrogens (tertiary/aromatic N) is 3. The second-order valence-corrected chi connectivity index (χ2v) is 2.15. The first-order valence-electron chi connectivity index (χ1n) is 3.01. The minimum atomic E-state index is 0.824. The van der Waals surface area contributed by atoms with Gasteiger partial charge in [-0.15, -0.1) is 0 Å². The van der Waals surface area contributed by atoms with Gasteiger partial charge in [-0.05, 0) is 6.07 Å². The van der Waals surface area contributed by atoms with Crippen molar-refractivity contribution in [1.29, 1.82) is 0 Å². The summed E-state index contributed by atoms with van der Waals surface area (Å²) in [5, 5.41) is 0. The lowest BCUT2D eigenvalue weighted by atomic mass is 10.4. The van der Waals surface area contributed by atoms with Crippen LogP contribution >= 0.6 is 0 Å². The molecule has 0 N–H and O–H groups in total. The van der Waals surface area contributed by atoms with E-state index in [2.05, 4.69) is 16.2 Å². The number of imidazole rings is 1. The van der Waals surface area contributed by atoms with E-state index in [1.807, 2.05) is 17.7 Å². The number of aromatic nitrogens is 3. The highest BCUT2D eigenvalue weighted by molar-refractivity contribution is 5.72. The van der Waals surface area contributed by atoms with E-state index in [9.17, 15) is 0 Å². The van der Waals surface area contributed by atoms with Gasteiger partial charge < -0.3 is 4.57 Å². The van der Waals surface area contributed by atoms with Gasteiger partial charge in [-0.3, -0.25) is 4.98 Å². The fourth-order valence-corrected chi connectivity index (χ4v) is 0.929. The average Bonchev–Trinajstić information content (AvgIpc) is 2.34. The van der Waals surface area contributed by atoms with Gasteiger partial charge in [0.05, 0.1) is 11.8 Å². The molecule has 0 bridgehead atoms. The second-order valence-electron chi connectivity index (χ2n) is 2.15. The molecule has 0 fully saturated rings.